The molecule has 0 aromatic heterocycles. The number of nitrogens with zero attached hydrogens (tertiary/aromatic N) is 1. The Morgan fingerprint density at radius 2 is 1.81 bits per heavy atom. The number of likely N-dealkylation sites (tertiary alicyclic amines) is 1. The Balaban J connectivity index is 1.67. The van der Waals surface area contributed by atoms with E-state index in [4.69, 9.17) is 9.47 Å². The number of anilines is 1. The molecule has 2 aromatic carbocycles. The average Bonchev–Trinajstić information content (AvgIpc) is 3.09. The van der Waals surface area contributed by atoms with Gasteiger partial charge in [-0.05, 0) is 24.1 Å². The molecule has 1 heterocycles. The van der Waals surface area contributed by atoms with Crippen LogP contribution in [0.15, 0.2) is 54.6 Å². The van der Waals surface area contributed by atoms with Crippen molar-refractivity contribution in [2.45, 2.75) is 25.5 Å². The molecule has 0 aliphatic carbocycles. The largest absolute Gasteiger partial charge is 0.495 e. The summed E-state index contributed by atoms with van der Waals surface area (Å²) in [6, 6.07) is 15.1. The first-order valence-electron chi connectivity index (χ1n) is 8.57. The molecule has 3 rings (SSSR count). The summed E-state index contributed by atoms with van der Waals surface area (Å²) in [6.45, 7) is 0.0320. The second-order valence-electron chi connectivity index (χ2n) is 6.05. The summed E-state index contributed by atoms with van der Waals surface area (Å²) in [4.78, 5) is 38.1. The number of rotatable bonds is 5. The number of methoxy groups -OCH3 is 1. The molecule has 2 aromatic rings. The molecule has 140 valence electrons. The fraction of sp³-hybridized carbons (Fsp3) is 0.250. The van der Waals surface area contributed by atoms with Gasteiger partial charge in [0.05, 0.1) is 12.8 Å². The van der Waals surface area contributed by atoms with E-state index in [0.717, 1.165) is 10.5 Å². The summed E-state index contributed by atoms with van der Waals surface area (Å²) in [5.74, 6) is -0.386. The summed E-state index contributed by atoms with van der Waals surface area (Å²) in [7, 11) is 1.50. The molecule has 1 aliphatic heterocycles. The number of carbonyl (C=O) groups excluding carboxylic acids is 3. The Hall–Kier alpha value is -3.35. The molecule has 0 saturated carbocycles. The minimum Gasteiger partial charge on any atom is -0.495 e. The van der Waals surface area contributed by atoms with E-state index in [9.17, 15) is 14.4 Å². The van der Waals surface area contributed by atoms with Crippen LogP contribution in [0.25, 0.3) is 0 Å². The van der Waals surface area contributed by atoms with Crippen molar-refractivity contribution in [3.05, 3.63) is 60.2 Å². The maximum absolute atomic E-state index is 12.6. The first kappa shape index (κ1) is 18.4. The van der Waals surface area contributed by atoms with Crippen LogP contribution in [0.1, 0.15) is 18.4 Å². The standard InChI is InChI=1S/C20H20N2O5/c1-26-17-10-6-5-9-15(17)21-19(24)16-11-12-18(23)22(16)20(25)27-13-14-7-3-2-4-8-14/h2-10,16H,11-13H2,1H3,(H,21,24)/t16-/m1/s1. The minimum absolute atomic E-state index is 0.0320. The number of imide groups is 1. The lowest BCUT2D eigenvalue weighted by atomic mass is 10.2. The van der Waals surface area contributed by atoms with Crippen LogP contribution in [-0.2, 0) is 20.9 Å². The minimum atomic E-state index is -0.911. The summed E-state index contributed by atoms with van der Waals surface area (Å²) in [6.07, 6.45) is -0.452. The third kappa shape index (κ3) is 4.25. The molecule has 1 aliphatic rings. The van der Waals surface area contributed by atoms with Gasteiger partial charge in [-0.3, -0.25) is 9.59 Å². The van der Waals surface area contributed by atoms with Gasteiger partial charge < -0.3 is 14.8 Å². The Labute approximate surface area is 156 Å². The van der Waals surface area contributed by atoms with Crippen molar-refractivity contribution >= 4 is 23.6 Å². The Bertz CT molecular complexity index is 837. The van der Waals surface area contributed by atoms with Crippen molar-refractivity contribution in [3.63, 3.8) is 0 Å². The molecular formula is C20H20N2O5. The number of nitrogens with one attached hydrogen (secondary N) is 1. The van der Waals surface area contributed by atoms with Gasteiger partial charge in [0, 0.05) is 6.42 Å². The zero-order valence-corrected chi connectivity index (χ0v) is 14.9. The highest BCUT2D eigenvalue weighted by Crippen LogP contribution is 2.26. The van der Waals surface area contributed by atoms with Crippen molar-refractivity contribution in [2.24, 2.45) is 0 Å². The molecule has 1 atom stereocenters. The van der Waals surface area contributed by atoms with Gasteiger partial charge in [0.2, 0.25) is 11.8 Å². The van der Waals surface area contributed by atoms with E-state index in [0.29, 0.717) is 11.4 Å². The van der Waals surface area contributed by atoms with E-state index in [1.165, 1.54) is 7.11 Å². The van der Waals surface area contributed by atoms with Crippen LogP contribution in [-0.4, -0.2) is 36.0 Å². The fourth-order valence-electron chi connectivity index (χ4n) is 2.91. The van der Waals surface area contributed by atoms with Gasteiger partial charge in [0.15, 0.2) is 0 Å². The van der Waals surface area contributed by atoms with Crippen LogP contribution < -0.4 is 10.1 Å². The van der Waals surface area contributed by atoms with Crippen LogP contribution in [0, 0.1) is 0 Å². The predicted octanol–water partition coefficient (Wildman–Crippen LogP) is 2.96. The van der Waals surface area contributed by atoms with Crippen LogP contribution in [0.3, 0.4) is 0 Å². The lowest BCUT2D eigenvalue weighted by Gasteiger charge is -2.22. The van der Waals surface area contributed by atoms with Crippen molar-refractivity contribution in [2.75, 3.05) is 12.4 Å². The third-order valence-electron chi connectivity index (χ3n) is 4.28. The van der Waals surface area contributed by atoms with Crippen molar-refractivity contribution in [1.29, 1.82) is 0 Å². The van der Waals surface area contributed by atoms with Crippen molar-refractivity contribution in [1.82, 2.24) is 4.90 Å². The number of hydrogen-bond acceptors (Lipinski definition) is 5. The normalized spacial score (nSPS) is 16.1. The lowest BCUT2D eigenvalue weighted by molar-refractivity contribution is -0.131. The maximum atomic E-state index is 12.6. The molecule has 1 saturated heterocycles. The summed E-state index contributed by atoms with van der Waals surface area (Å²) < 4.78 is 10.4. The lowest BCUT2D eigenvalue weighted by Crippen LogP contribution is -2.45. The van der Waals surface area contributed by atoms with Crippen molar-refractivity contribution < 1.29 is 23.9 Å². The molecule has 0 unspecified atom stereocenters. The van der Waals surface area contributed by atoms with Crippen LogP contribution >= 0.6 is 0 Å². The highest BCUT2D eigenvalue weighted by molar-refractivity contribution is 6.05. The number of carbonyl (C=O) groups is 3. The highest BCUT2D eigenvalue weighted by atomic mass is 16.6. The van der Waals surface area contributed by atoms with Crippen LogP contribution in [0.4, 0.5) is 10.5 Å². The van der Waals surface area contributed by atoms with E-state index in [2.05, 4.69) is 5.32 Å². The molecule has 0 radical (unpaired) electrons. The van der Waals surface area contributed by atoms with Gasteiger partial charge in [-0.15, -0.1) is 0 Å². The molecule has 3 amide bonds. The summed E-state index contributed by atoms with van der Waals surface area (Å²) in [5.41, 5.74) is 1.27. The zero-order valence-electron chi connectivity index (χ0n) is 14.9. The van der Waals surface area contributed by atoms with Crippen LogP contribution in [0.2, 0.25) is 0 Å². The molecule has 7 nitrogen and oxygen atoms in total. The predicted molar refractivity (Wildman–Crippen MR) is 98.1 cm³/mol. The Morgan fingerprint density at radius 3 is 2.56 bits per heavy atom. The number of hydrogen-bond donors (Lipinski definition) is 1. The van der Waals surface area contributed by atoms with E-state index < -0.39 is 23.9 Å². The average molecular weight is 368 g/mol. The molecular weight excluding hydrogens is 348 g/mol. The molecule has 1 N–H and O–H groups in total. The van der Waals surface area contributed by atoms with E-state index in [-0.39, 0.29) is 19.4 Å². The topological polar surface area (TPSA) is 84.9 Å². The number of amides is 3. The van der Waals surface area contributed by atoms with Gasteiger partial charge in [-0.2, -0.15) is 0 Å². The molecule has 1 fully saturated rings. The Kier molecular flexibility index (Phi) is 5.71. The quantitative estimate of drug-likeness (QED) is 0.877. The van der Waals surface area contributed by atoms with Gasteiger partial charge in [0.25, 0.3) is 0 Å². The zero-order chi connectivity index (χ0) is 19.2. The smallest absolute Gasteiger partial charge is 0.417 e. The molecule has 0 bridgehead atoms. The highest BCUT2D eigenvalue weighted by Gasteiger charge is 2.41. The summed E-state index contributed by atoms with van der Waals surface area (Å²) in [5, 5.41) is 2.72. The van der Waals surface area contributed by atoms with Crippen molar-refractivity contribution in [3.8, 4) is 5.75 Å². The first-order chi connectivity index (χ1) is 13.1. The number of ether oxygens (including phenoxy) is 2. The second-order valence-corrected chi connectivity index (χ2v) is 6.05. The SMILES string of the molecule is COc1ccccc1NC(=O)[C@H]1CCC(=O)N1C(=O)OCc1ccccc1. The van der Waals surface area contributed by atoms with E-state index in [1.54, 1.807) is 24.3 Å². The van der Waals surface area contributed by atoms with E-state index in [1.807, 2.05) is 30.3 Å². The fourth-order valence-corrected chi connectivity index (χ4v) is 2.91. The number of para-hydroxylation sites is 2. The maximum Gasteiger partial charge on any atom is 0.417 e. The third-order valence-corrected chi connectivity index (χ3v) is 4.28. The molecule has 27 heavy (non-hydrogen) atoms. The van der Waals surface area contributed by atoms with Gasteiger partial charge in [0.1, 0.15) is 18.4 Å². The second kappa shape index (κ2) is 8.35. The Morgan fingerprint density at radius 1 is 1.11 bits per heavy atom. The van der Waals surface area contributed by atoms with E-state index >= 15 is 0 Å². The van der Waals surface area contributed by atoms with Gasteiger partial charge in [-0.25, -0.2) is 9.69 Å². The monoisotopic (exact) mass is 368 g/mol. The van der Waals surface area contributed by atoms with Crippen LogP contribution in [0.5, 0.6) is 5.75 Å². The summed E-state index contributed by atoms with van der Waals surface area (Å²) >= 11 is 0. The molecule has 7 heteroatoms. The van der Waals surface area contributed by atoms with Gasteiger partial charge in [-0.1, -0.05) is 42.5 Å². The number of benzene rings is 2. The first-order valence-corrected chi connectivity index (χ1v) is 8.57. The van der Waals surface area contributed by atoms with Gasteiger partial charge >= 0.3 is 6.09 Å². The molecule has 0 spiro atoms.